The Morgan fingerprint density at radius 2 is 0.681 bits per heavy atom. The number of hydrogen-bond acceptors (Lipinski definition) is 4. The van der Waals surface area contributed by atoms with Crippen LogP contribution in [0.5, 0.6) is 0 Å². The van der Waals surface area contributed by atoms with Gasteiger partial charge in [0.2, 0.25) is 0 Å². The van der Waals surface area contributed by atoms with Crippen molar-refractivity contribution in [1.82, 2.24) is 19.1 Å². The quantitative estimate of drug-likeness (QED) is 0.128. The third-order valence-corrected chi connectivity index (χ3v) is 16.9. The lowest BCUT2D eigenvalue weighted by atomic mass is 10.1. The molecule has 4 aromatic heterocycles. The van der Waals surface area contributed by atoms with Gasteiger partial charge in [-0.25, -0.2) is 0 Å². The second-order valence-electron chi connectivity index (χ2n) is 18.5. The summed E-state index contributed by atoms with van der Waals surface area (Å²) in [7, 11) is -2.36. The summed E-state index contributed by atoms with van der Waals surface area (Å²) in [4.78, 5) is 15.2. The highest BCUT2D eigenvalue weighted by Crippen LogP contribution is 2.41. The van der Waals surface area contributed by atoms with Gasteiger partial charge in [0.15, 0.2) is 8.07 Å². The summed E-state index contributed by atoms with van der Waals surface area (Å²) in [5, 5.41) is 7.00. The van der Waals surface area contributed by atoms with Gasteiger partial charge in [-0.2, -0.15) is 0 Å². The van der Waals surface area contributed by atoms with E-state index in [0.29, 0.717) is 0 Å². The number of benzene rings is 8. The van der Waals surface area contributed by atoms with Crippen LogP contribution < -0.4 is 20.4 Å². The van der Waals surface area contributed by atoms with E-state index in [-0.39, 0.29) is 0 Å². The smallest absolute Gasteiger partial charge is 0.158 e. The van der Waals surface area contributed by atoms with Crippen molar-refractivity contribution < 1.29 is 0 Å². The second-order valence-corrected chi connectivity index (χ2v) is 22.8. The normalized spacial score (nSPS) is 11.8. The molecule has 69 heavy (non-hydrogen) atoms. The van der Waals surface area contributed by atoms with Crippen molar-refractivity contribution in [2.45, 2.75) is 26.9 Å². The van der Waals surface area contributed by atoms with Gasteiger partial charge in [-0.15, -0.1) is 0 Å². The summed E-state index contributed by atoms with van der Waals surface area (Å²) in [6.45, 7) is 8.96. The van der Waals surface area contributed by atoms with Gasteiger partial charge >= 0.3 is 0 Å². The zero-order chi connectivity index (χ0) is 46.6. The van der Waals surface area contributed by atoms with Crippen LogP contribution in [0.1, 0.15) is 11.1 Å². The van der Waals surface area contributed by atoms with Crippen LogP contribution in [-0.4, -0.2) is 27.2 Å². The largest absolute Gasteiger partial charge is 0.309 e. The molecule has 0 saturated carbocycles. The molecule has 12 rings (SSSR count). The Balaban J connectivity index is 0.898. The van der Waals surface area contributed by atoms with Crippen LogP contribution in [0.3, 0.4) is 0 Å². The van der Waals surface area contributed by atoms with Crippen LogP contribution in [0.4, 0.5) is 34.1 Å². The molecular weight excluding hydrogens is 857 g/mol. The van der Waals surface area contributed by atoms with Gasteiger partial charge in [0, 0.05) is 66.3 Å². The summed E-state index contributed by atoms with van der Waals surface area (Å²) in [6.07, 6.45) is 4.08. The van der Waals surface area contributed by atoms with Crippen LogP contribution in [0.2, 0.25) is 13.1 Å². The molecule has 0 amide bonds. The number of aromatic nitrogens is 4. The van der Waals surface area contributed by atoms with Crippen molar-refractivity contribution in [2.75, 3.05) is 9.80 Å². The SMILES string of the molecule is Cc1ccc(N(c2ccc([Si](C)(C)c3ccc(N(c4ccc(C)cc4)c4ccc5c(c4)c4ccccc4n5-c4ccccc4)cn3)nc2)c2ccc3c(c2)c2ccccc2n3-c2ccccc2)cc1. The molecule has 0 saturated heterocycles. The van der Waals surface area contributed by atoms with Crippen molar-refractivity contribution in [3.8, 4) is 11.4 Å². The van der Waals surface area contributed by atoms with Gasteiger partial charge in [-0.3, -0.25) is 9.97 Å². The van der Waals surface area contributed by atoms with Crippen molar-refractivity contribution >= 4 is 96.4 Å². The summed E-state index contributed by atoms with van der Waals surface area (Å²) in [6, 6.07) is 78.7. The topological polar surface area (TPSA) is 42.1 Å². The highest BCUT2D eigenvalue weighted by molar-refractivity contribution is 6.99. The Labute approximate surface area is 403 Å². The van der Waals surface area contributed by atoms with Crippen molar-refractivity contribution in [3.63, 3.8) is 0 Å². The third kappa shape index (κ3) is 7.35. The van der Waals surface area contributed by atoms with Gasteiger partial charge < -0.3 is 18.9 Å². The third-order valence-electron chi connectivity index (χ3n) is 13.7. The number of fused-ring (bicyclic) bond motifs is 6. The van der Waals surface area contributed by atoms with E-state index in [1.807, 2.05) is 12.4 Å². The van der Waals surface area contributed by atoms with Crippen LogP contribution in [0, 0.1) is 13.8 Å². The van der Waals surface area contributed by atoms with E-state index in [1.165, 1.54) is 54.7 Å². The molecule has 0 aliphatic carbocycles. The van der Waals surface area contributed by atoms with Crippen LogP contribution in [0.25, 0.3) is 55.0 Å². The predicted molar refractivity (Wildman–Crippen MR) is 293 cm³/mol. The van der Waals surface area contributed by atoms with E-state index in [9.17, 15) is 0 Å². The Morgan fingerprint density at radius 1 is 0.333 bits per heavy atom. The number of para-hydroxylation sites is 4. The van der Waals surface area contributed by atoms with Crippen LogP contribution in [-0.2, 0) is 0 Å². The molecule has 0 N–H and O–H groups in total. The van der Waals surface area contributed by atoms with Gasteiger partial charge in [-0.1, -0.05) is 121 Å². The minimum Gasteiger partial charge on any atom is -0.309 e. The minimum atomic E-state index is -2.36. The number of hydrogen-bond donors (Lipinski definition) is 0. The first-order chi connectivity index (χ1) is 33.8. The van der Waals surface area contributed by atoms with Gasteiger partial charge in [0.1, 0.15) is 0 Å². The molecule has 0 spiro atoms. The lowest BCUT2D eigenvalue weighted by Crippen LogP contribution is -2.55. The second kappa shape index (κ2) is 17.0. The number of aryl methyl sites for hydroxylation is 2. The molecule has 0 aliphatic rings. The molecule has 0 aliphatic heterocycles. The number of rotatable bonds is 10. The van der Waals surface area contributed by atoms with Crippen LogP contribution in [0.15, 0.2) is 231 Å². The molecule has 332 valence electrons. The molecule has 0 fully saturated rings. The lowest BCUT2D eigenvalue weighted by molar-refractivity contribution is 1.18. The Bertz CT molecular complexity index is 3550. The van der Waals surface area contributed by atoms with E-state index in [4.69, 9.17) is 9.97 Å². The lowest BCUT2D eigenvalue weighted by Gasteiger charge is -2.28. The summed E-state index contributed by atoms with van der Waals surface area (Å²) in [5.41, 5.74) is 15.7. The van der Waals surface area contributed by atoms with Crippen LogP contribution >= 0.6 is 0 Å². The molecular formula is C62H50N6Si. The average Bonchev–Trinajstić information content (AvgIpc) is 3.91. The molecule has 6 nitrogen and oxygen atoms in total. The molecule has 0 radical (unpaired) electrons. The van der Waals surface area contributed by atoms with E-state index in [0.717, 1.165) is 56.1 Å². The molecule has 8 aromatic carbocycles. The first kappa shape index (κ1) is 41.9. The maximum absolute atomic E-state index is 5.27. The predicted octanol–water partition coefficient (Wildman–Crippen LogP) is 15.0. The van der Waals surface area contributed by atoms with Crippen molar-refractivity contribution in [3.05, 3.63) is 242 Å². The maximum atomic E-state index is 5.27. The van der Waals surface area contributed by atoms with Gasteiger partial charge in [0.05, 0.1) is 45.8 Å². The molecule has 0 atom stereocenters. The monoisotopic (exact) mass is 906 g/mol. The molecule has 0 bridgehead atoms. The Hall–Kier alpha value is -8.52. The number of pyridine rings is 2. The first-order valence-corrected chi connectivity index (χ1v) is 26.6. The van der Waals surface area contributed by atoms with Crippen molar-refractivity contribution in [1.29, 1.82) is 0 Å². The van der Waals surface area contributed by atoms with E-state index < -0.39 is 8.07 Å². The zero-order valence-corrected chi connectivity index (χ0v) is 40.1. The highest BCUT2D eigenvalue weighted by atomic mass is 28.3. The Kier molecular flexibility index (Phi) is 10.3. The highest BCUT2D eigenvalue weighted by Gasteiger charge is 2.30. The van der Waals surface area contributed by atoms with E-state index in [2.05, 4.69) is 264 Å². The van der Waals surface area contributed by atoms with E-state index >= 15 is 0 Å². The fourth-order valence-electron chi connectivity index (χ4n) is 10.1. The zero-order valence-electron chi connectivity index (χ0n) is 39.1. The number of nitrogens with zero attached hydrogens (tertiary/aromatic N) is 6. The fraction of sp³-hybridized carbons (Fsp3) is 0.0645. The van der Waals surface area contributed by atoms with Gasteiger partial charge in [-0.05, 0) is 135 Å². The van der Waals surface area contributed by atoms with E-state index in [1.54, 1.807) is 0 Å². The first-order valence-electron chi connectivity index (χ1n) is 23.6. The fourth-order valence-corrected chi connectivity index (χ4v) is 12.1. The molecule has 4 heterocycles. The molecule has 12 aromatic rings. The average molecular weight is 907 g/mol. The summed E-state index contributed by atoms with van der Waals surface area (Å²) >= 11 is 0. The van der Waals surface area contributed by atoms with Gasteiger partial charge in [0.25, 0.3) is 0 Å². The maximum Gasteiger partial charge on any atom is 0.158 e. The van der Waals surface area contributed by atoms with Crippen molar-refractivity contribution in [2.24, 2.45) is 0 Å². The standard InChI is InChI=1S/C62H50N6Si/c1-43-23-27-47(28-24-43)65(49-31-35-59-55(39-49)53-19-11-13-21-57(53)67(59)45-15-7-5-8-16-45)51-33-37-61(63-41-51)69(3,4)62-38-34-52(42-64-62)66(48-29-25-44(2)26-30-48)50-32-36-60-56(40-50)54-20-12-14-22-58(54)68(60)46-17-9-6-10-18-46/h5-42H,1-4H3. The number of anilines is 6. The molecule has 7 heteroatoms. The Morgan fingerprint density at radius 3 is 1.07 bits per heavy atom. The molecule has 0 unspecified atom stereocenters. The minimum absolute atomic E-state index is 0.999. The summed E-state index contributed by atoms with van der Waals surface area (Å²) < 4.78 is 4.72. The summed E-state index contributed by atoms with van der Waals surface area (Å²) in [5.74, 6) is 0.